The summed E-state index contributed by atoms with van der Waals surface area (Å²) in [4.78, 5) is 24.3. The molecule has 0 aliphatic carbocycles. The molecule has 1 saturated heterocycles. The average molecular weight is 267 g/mol. The van der Waals surface area contributed by atoms with Crippen molar-refractivity contribution in [2.75, 3.05) is 32.7 Å². The van der Waals surface area contributed by atoms with Crippen LogP contribution in [-0.2, 0) is 9.59 Å². The Morgan fingerprint density at radius 3 is 2.61 bits per heavy atom. The molecule has 5 nitrogen and oxygen atoms in total. The number of halogens is 3. The summed E-state index contributed by atoms with van der Waals surface area (Å²) in [6.45, 7) is 1.62. The van der Waals surface area contributed by atoms with Gasteiger partial charge in [-0.2, -0.15) is 13.2 Å². The van der Waals surface area contributed by atoms with Crippen molar-refractivity contribution in [1.82, 2.24) is 15.5 Å². The third-order valence-electron chi connectivity index (χ3n) is 2.52. The van der Waals surface area contributed by atoms with E-state index in [1.807, 2.05) is 5.32 Å². The maximum absolute atomic E-state index is 11.9. The third-order valence-corrected chi connectivity index (χ3v) is 2.52. The van der Waals surface area contributed by atoms with Crippen LogP contribution in [0.4, 0.5) is 13.2 Å². The van der Waals surface area contributed by atoms with Crippen LogP contribution in [0.3, 0.4) is 0 Å². The Bertz CT molecular complexity index is 299. The van der Waals surface area contributed by atoms with Gasteiger partial charge in [-0.3, -0.25) is 9.59 Å². The van der Waals surface area contributed by atoms with E-state index in [4.69, 9.17) is 0 Å². The van der Waals surface area contributed by atoms with Crippen LogP contribution < -0.4 is 10.6 Å². The summed E-state index contributed by atoms with van der Waals surface area (Å²) in [6.07, 6.45) is -4.74. The van der Waals surface area contributed by atoms with Crippen molar-refractivity contribution in [3.05, 3.63) is 0 Å². The topological polar surface area (TPSA) is 61.4 Å². The molecule has 18 heavy (non-hydrogen) atoms. The summed E-state index contributed by atoms with van der Waals surface area (Å²) >= 11 is 0. The van der Waals surface area contributed by atoms with E-state index < -0.39 is 31.0 Å². The van der Waals surface area contributed by atoms with E-state index >= 15 is 0 Å². The maximum Gasteiger partial charge on any atom is 0.390 e. The first kappa shape index (κ1) is 14.7. The second-order valence-corrected chi connectivity index (χ2v) is 4.02. The summed E-state index contributed by atoms with van der Waals surface area (Å²) in [5.74, 6) is -1.73. The Morgan fingerprint density at radius 2 is 1.94 bits per heavy atom. The number of carbonyl (C=O) groups excluding carboxylic acids is 2. The summed E-state index contributed by atoms with van der Waals surface area (Å²) in [7, 11) is 0. The molecular weight excluding hydrogens is 251 g/mol. The fourth-order valence-corrected chi connectivity index (χ4v) is 1.59. The number of rotatable bonds is 2. The number of nitrogens with one attached hydrogen (secondary N) is 2. The first-order valence-corrected chi connectivity index (χ1v) is 5.75. The largest absolute Gasteiger partial charge is 0.390 e. The molecule has 1 heterocycles. The fraction of sp³-hybridized carbons (Fsp3) is 0.800. The quantitative estimate of drug-likeness (QED) is 0.686. The molecule has 0 saturated carbocycles. The van der Waals surface area contributed by atoms with E-state index in [2.05, 4.69) is 5.32 Å². The van der Waals surface area contributed by atoms with Crippen LogP contribution >= 0.6 is 0 Å². The van der Waals surface area contributed by atoms with Crippen LogP contribution in [0.5, 0.6) is 0 Å². The highest BCUT2D eigenvalue weighted by atomic mass is 19.4. The Morgan fingerprint density at radius 1 is 1.22 bits per heavy atom. The van der Waals surface area contributed by atoms with Gasteiger partial charge in [0.05, 0.1) is 6.42 Å². The second-order valence-electron chi connectivity index (χ2n) is 4.02. The zero-order chi connectivity index (χ0) is 13.6. The molecule has 8 heteroatoms. The fourth-order valence-electron chi connectivity index (χ4n) is 1.59. The van der Waals surface area contributed by atoms with Gasteiger partial charge in [-0.25, -0.2) is 0 Å². The molecule has 0 radical (unpaired) electrons. The Kier molecular flexibility index (Phi) is 5.39. The number of nitrogens with zero attached hydrogens (tertiary/aromatic N) is 1. The summed E-state index contributed by atoms with van der Waals surface area (Å²) < 4.78 is 35.6. The van der Waals surface area contributed by atoms with Crippen molar-refractivity contribution in [3.8, 4) is 0 Å². The molecule has 1 aliphatic heterocycles. The summed E-state index contributed by atoms with van der Waals surface area (Å²) in [5, 5.41) is 5.05. The minimum absolute atomic E-state index is 0.394. The average Bonchev–Trinajstić information content (AvgIpc) is 2.54. The first-order chi connectivity index (χ1) is 8.40. The number of alkyl halides is 3. The smallest absolute Gasteiger partial charge is 0.347 e. The molecular formula is C10H16F3N3O2. The first-order valence-electron chi connectivity index (χ1n) is 5.75. The van der Waals surface area contributed by atoms with Crippen molar-refractivity contribution in [1.29, 1.82) is 0 Å². The van der Waals surface area contributed by atoms with E-state index in [9.17, 15) is 22.8 Å². The van der Waals surface area contributed by atoms with Gasteiger partial charge in [-0.05, 0) is 13.0 Å². The van der Waals surface area contributed by atoms with Crippen LogP contribution in [0.15, 0.2) is 0 Å². The summed E-state index contributed by atoms with van der Waals surface area (Å²) in [6, 6.07) is 0. The molecule has 0 aromatic carbocycles. The molecule has 0 spiro atoms. The Labute approximate surface area is 103 Å². The van der Waals surface area contributed by atoms with Crippen LogP contribution in [0.1, 0.15) is 12.8 Å². The summed E-state index contributed by atoms with van der Waals surface area (Å²) in [5.41, 5.74) is 0. The molecule has 0 unspecified atom stereocenters. The molecule has 0 atom stereocenters. The second kappa shape index (κ2) is 6.58. The zero-order valence-corrected chi connectivity index (χ0v) is 9.85. The highest BCUT2D eigenvalue weighted by molar-refractivity contribution is 6.35. The van der Waals surface area contributed by atoms with Gasteiger partial charge >= 0.3 is 18.0 Å². The van der Waals surface area contributed by atoms with Gasteiger partial charge in [-0.1, -0.05) is 0 Å². The van der Waals surface area contributed by atoms with E-state index in [-0.39, 0.29) is 0 Å². The van der Waals surface area contributed by atoms with Gasteiger partial charge in [-0.15, -0.1) is 0 Å². The number of hydrogen-bond acceptors (Lipinski definition) is 3. The SMILES string of the molecule is O=C(NCCC(F)(F)F)C(=O)N1CCCNCC1. The van der Waals surface area contributed by atoms with E-state index in [1.165, 1.54) is 4.90 Å². The van der Waals surface area contributed by atoms with Crippen molar-refractivity contribution < 1.29 is 22.8 Å². The van der Waals surface area contributed by atoms with E-state index in [0.29, 0.717) is 19.6 Å². The van der Waals surface area contributed by atoms with Gasteiger partial charge < -0.3 is 15.5 Å². The predicted octanol–water partition coefficient (Wildman–Crippen LogP) is -0.123. The van der Waals surface area contributed by atoms with E-state index in [1.54, 1.807) is 0 Å². The van der Waals surface area contributed by atoms with Crippen molar-refractivity contribution in [3.63, 3.8) is 0 Å². The number of hydrogen-bond donors (Lipinski definition) is 2. The predicted molar refractivity (Wildman–Crippen MR) is 57.7 cm³/mol. The Balaban J connectivity index is 2.33. The highest BCUT2D eigenvalue weighted by Crippen LogP contribution is 2.18. The van der Waals surface area contributed by atoms with Crippen LogP contribution in [0, 0.1) is 0 Å². The van der Waals surface area contributed by atoms with Gasteiger partial charge in [0.15, 0.2) is 0 Å². The molecule has 0 bridgehead atoms. The lowest BCUT2D eigenvalue weighted by Crippen LogP contribution is -2.45. The third kappa shape index (κ3) is 5.35. The lowest BCUT2D eigenvalue weighted by molar-refractivity contribution is -0.147. The van der Waals surface area contributed by atoms with Gasteiger partial charge in [0, 0.05) is 26.2 Å². The van der Waals surface area contributed by atoms with Gasteiger partial charge in [0.2, 0.25) is 0 Å². The molecule has 2 amide bonds. The molecule has 1 fully saturated rings. The van der Waals surface area contributed by atoms with Gasteiger partial charge in [0.1, 0.15) is 0 Å². The van der Waals surface area contributed by atoms with E-state index in [0.717, 1.165) is 13.0 Å². The monoisotopic (exact) mass is 267 g/mol. The molecule has 1 rings (SSSR count). The standard InChI is InChI=1S/C10H16F3N3O2/c11-10(12,13)2-4-15-8(17)9(18)16-6-1-3-14-5-7-16/h14H,1-7H2,(H,15,17). The number of carbonyl (C=O) groups is 2. The molecule has 0 aromatic rings. The minimum Gasteiger partial charge on any atom is -0.347 e. The number of amides is 2. The normalized spacial score (nSPS) is 17.2. The maximum atomic E-state index is 11.9. The lowest BCUT2D eigenvalue weighted by atomic mass is 10.3. The minimum atomic E-state index is -4.33. The van der Waals surface area contributed by atoms with Crippen LogP contribution in [0.25, 0.3) is 0 Å². The Hall–Kier alpha value is -1.31. The lowest BCUT2D eigenvalue weighted by Gasteiger charge is -2.19. The highest BCUT2D eigenvalue weighted by Gasteiger charge is 2.28. The molecule has 0 aromatic heterocycles. The van der Waals surface area contributed by atoms with Crippen molar-refractivity contribution in [2.24, 2.45) is 0 Å². The molecule has 2 N–H and O–H groups in total. The van der Waals surface area contributed by atoms with Crippen LogP contribution in [0.2, 0.25) is 0 Å². The van der Waals surface area contributed by atoms with Crippen LogP contribution in [-0.4, -0.2) is 55.6 Å². The molecule has 104 valence electrons. The zero-order valence-electron chi connectivity index (χ0n) is 9.85. The molecule has 1 aliphatic rings. The van der Waals surface area contributed by atoms with Gasteiger partial charge in [0.25, 0.3) is 0 Å². The van der Waals surface area contributed by atoms with Crippen molar-refractivity contribution in [2.45, 2.75) is 19.0 Å². The van der Waals surface area contributed by atoms with Crippen molar-refractivity contribution >= 4 is 11.8 Å².